The van der Waals surface area contributed by atoms with Crippen molar-refractivity contribution in [3.8, 4) is 0 Å². The Balaban J connectivity index is 2.55. The first-order chi connectivity index (χ1) is 7.38. The molecule has 1 rings (SSSR count). The number of unbranched alkanes of at least 4 members (excludes halogenated alkanes) is 1. The lowest BCUT2D eigenvalue weighted by Gasteiger charge is -2.15. The van der Waals surface area contributed by atoms with E-state index in [0.717, 1.165) is 13.0 Å². The zero-order chi connectivity index (χ0) is 10.9. The highest BCUT2D eigenvalue weighted by Crippen LogP contribution is 2.04. The minimum absolute atomic E-state index is 0.926. The van der Waals surface area contributed by atoms with Gasteiger partial charge < -0.3 is 4.43 Å². The Hall–Kier alpha value is -0.603. The average molecular weight is 222 g/mol. The van der Waals surface area contributed by atoms with Gasteiger partial charge in [0.1, 0.15) is 0 Å². The summed E-state index contributed by atoms with van der Waals surface area (Å²) in [5, 5.41) is 1.46. The molecule has 1 nitrogen and oxygen atoms in total. The normalized spacial score (nSPS) is 12.7. The summed E-state index contributed by atoms with van der Waals surface area (Å²) in [6, 6.07) is 12.0. The van der Waals surface area contributed by atoms with E-state index in [1.807, 2.05) is 0 Å². The van der Waals surface area contributed by atoms with Crippen LogP contribution in [0.2, 0.25) is 6.04 Å². The Morgan fingerprint density at radius 3 is 2.40 bits per heavy atom. The third-order valence-corrected chi connectivity index (χ3v) is 5.21. The van der Waals surface area contributed by atoms with Gasteiger partial charge in [-0.2, -0.15) is 0 Å². The van der Waals surface area contributed by atoms with E-state index in [4.69, 9.17) is 4.43 Å². The lowest BCUT2D eigenvalue weighted by Crippen LogP contribution is -2.33. The molecule has 0 saturated carbocycles. The summed E-state index contributed by atoms with van der Waals surface area (Å²) in [4.78, 5) is 0. The van der Waals surface area contributed by atoms with E-state index < -0.39 is 9.04 Å². The molecule has 2 heteroatoms. The third kappa shape index (κ3) is 4.63. The molecule has 1 aromatic rings. The van der Waals surface area contributed by atoms with Crippen LogP contribution < -0.4 is 5.19 Å². The van der Waals surface area contributed by atoms with E-state index in [2.05, 4.69) is 44.2 Å². The van der Waals surface area contributed by atoms with Crippen LogP contribution in [0.4, 0.5) is 0 Å². The van der Waals surface area contributed by atoms with Crippen LogP contribution in [0.1, 0.15) is 33.1 Å². The van der Waals surface area contributed by atoms with Gasteiger partial charge >= 0.3 is 0 Å². The fraction of sp³-hybridized carbons (Fsp3) is 0.538. The van der Waals surface area contributed by atoms with Crippen LogP contribution in [0.25, 0.3) is 0 Å². The number of hydrogen-bond acceptors (Lipinski definition) is 1. The first kappa shape index (κ1) is 12.5. The maximum absolute atomic E-state index is 6.02. The quantitative estimate of drug-likeness (QED) is 0.645. The second kappa shape index (κ2) is 7.66. The second-order valence-corrected chi connectivity index (χ2v) is 6.47. The summed E-state index contributed by atoms with van der Waals surface area (Å²) in [6.45, 7) is 5.35. The van der Waals surface area contributed by atoms with Crippen molar-refractivity contribution in [1.82, 2.24) is 0 Å². The molecular formula is C13H22OSi. The Bertz CT molecular complexity index is 240. The van der Waals surface area contributed by atoms with Crippen LogP contribution in [0.5, 0.6) is 0 Å². The number of benzene rings is 1. The highest BCUT2D eigenvalue weighted by Gasteiger charge is 2.13. The molecule has 1 atom stereocenters. The molecule has 1 aromatic carbocycles. The molecule has 0 aliphatic carbocycles. The molecule has 0 amide bonds. The van der Waals surface area contributed by atoms with Crippen molar-refractivity contribution >= 4 is 14.2 Å². The zero-order valence-corrected chi connectivity index (χ0v) is 11.1. The van der Waals surface area contributed by atoms with Crippen molar-refractivity contribution < 1.29 is 4.43 Å². The van der Waals surface area contributed by atoms with Gasteiger partial charge in [-0.15, -0.1) is 0 Å². The Labute approximate surface area is 95.2 Å². The Morgan fingerprint density at radius 1 is 1.07 bits per heavy atom. The van der Waals surface area contributed by atoms with Crippen molar-refractivity contribution in [3.63, 3.8) is 0 Å². The lowest BCUT2D eigenvalue weighted by molar-refractivity contribution is 0.324. The second-order valence-electron chi connectivity index (χ2n) is 3.91. The molecule has 15 heavy (non-hydrogen) atoms. The van der Waals surface area contributed by atoms with Crippen molar-refractivity contribution in [1.29, 1.82) is 0 Å². The molecule has 0 spiro atoms. The van der Waals surface area contributed by atoms with E-state index in [9.17, 15) is 0 Å². The molecule has 0 N–H and O–H groups in total. The van der Waals surface area contributed by atoms with Gasteiger partial charge in [0, 0.05) is 6.61 Å². The van der Waals surface area contributed by atoms with Gasteiger partial charge in [-0.05, 0) is 17.7 Å². The molecule has 0 bridgehead atoms. The SMILES string of the molecule is CCCC[SiH](OCCC)c1ccccc1. The van der Waals surface area contributed by atoms with Crippen LogP contribution in [0, 0.1) is 0 Å². The number of rotatable bonds is 7. The van der Waals surface area contributed by atoms with Gasteiger partial charge in [0.05, 0.1) is 0 Å². The van der Waals surface area contributed by atoms with Crippen molar-refractivity contribution in [2.75, 3.05) is 6.61 Å². The highest BCUT2D eigenvalue weighted by molar-refractivity contribution is 6.67. The summed E-state index contributed by atoms with van der Waals surface area (Å²) in [6.07, 6.45) is 3.70. The molecule has 0 aliphatic rings. The topological polar surface area (TPSA) is 9.23 Å². The first-order valence-electron chi connectivity index (χ1n) is 6.05. The first-order valence-corrected chi connectivity index (χ1v) is 7.91. The predicted molar refractivity (Wildman–Crippen MR) is 69.2 cm³/mol. The summed E-state index contributed by atoms with van der Waals surface area (Å²) in [5.41, 5.74) is 0. The lowest BCUT2D eigenvalue weighted by atomic mass is 10.4. The van der Waals surface area contributed by atoms with E-state index >= 15 is 0 Å². The van der Waals surface area contributed by atoms with Gasteiger partial charge in [0.25, 0.3) is 0 Å². The zero-order valence-electron chi connectivity index (χ0n) is 9.91. The molecule has 0 heterocycles. The predicted octanol–water partition coefficient (Wildman–Crippen LogP) is 2.84. The maximum Gasteiger partial charge on any atom is 0.208 e. The van der Waals surface area contributed by atoms with Crippen LogP contribution in [0.15, 0.2) is 30.3 Å². The van der Waals surface area contributed by atoms with E-state index in [0.29, 0.717) is 0 Å². The van der Waals surface area contributed by atoms with Crippen LogP contribution in [0.3, 0.4) is 0 Å². The minimum atomic E-state index is -1.13. The van der Waals surface area contributed by atoms with Crippen LogP contribution in [-0.2, 0) is 4.43 Å². The summed E-state index contributed by atoms with van der Waals surface area (Å²) < 4.78 is 6.02. The highest BCUT2D eigenvalue weighted by atomic mass is 28.3. The molecule has 0 aliphatic heterocycles. The fourth-order valence-electron chi connectivity index (χ4n) is 1.66. The Kier molecular flexibility index (Phi) is 6.36. The molecule has 0 radical (unpaired) electrons. The monoisotopic (exact) mass is 222 g/mol. The molecular weight excluding hydrogens is 200 g/mol. The van der Waals surface area contributed by atoms with E-state index in [1.165, 1.54) is 24.1 Å². The van der Waals surface area contributed by atoms with Gasteiger partial charge in [-0.1, -0.05) is 57.0 Å². The largest absolute Gasteiger partial charge is 0.415 e. The van der Waals surface area contributed by atoms with Gasteiger partial charge in [-0.25, -0.2) is 0 Å². The van der Waals surface area contributed by atoms with Gasteiger partial charge in [-0.3, -0.25) is 0 Å². The molecule has 0 aromatic heterocycles. The van der Waals surface area contributed by atoms with Crippen LogP contribution in [-0.4, -0.2) is 15.6 Å². The number of hydrogen-bond donors (Lipinski definition) is 0. The van der Waals surface area contributed by atoms with Crippen LogP contribution >= 0.6 is 0 Å². The summed E-state index contributed by atoms with van der Waals surface area (Å²) >= 11 is 0. The van der Waals surface area contributed by atoms with E-state index in [1.54, 1.807) is 0 Å². The Morgan fingerprint density at radius 2 is 1.80 bits per heavy atom. The van der Waals surface area contributed by atoms with Crippen molar-refractivity contribution in [2.24, 2.45) is 0 Å². The summed E-state index contributed by atoms with van der Waals surface area (Å²) in [7, 11) is -1.13. The molecule has 1 unspecified atom stereocenters. The maximum atomic E-state index is 6.02. The van der Waals surface area contributed by atoms with E-state index in [-0.39, 0.29) is 0 Å². The fourth-order valence-corrected chi connectivity index (χ4v) is 4.31. The third-order valence-electron chi connectivity index (χ3n) is 2.51. The average Bonchev–Trinajstić information content (AvgIpc) is 2.30. The van der Waals surface area contributed by atoms with Crippen molar-refractivity contribution in [2.45, 2.75) is 39.2 Å². The summed E-state index contributed by atoms with van der Waals surface area (Å²) in [5.74, 6) is 0. The standard InChI is InChI=1S/C13H22OSi/c1-3-5-12-15(14-11-4-2)13-9-7-6-8-10-13/h6-10,15H,3-5,11-12H2,1-2H3. The van der Waals surface area contributed by atoms with Gasteiger partial charge in [0.15, 0.2) is 0 Å². The minimum Gasteiger partial charge on any atom is -0.415 e. The smallest absolute Gasteiger partial charge is 0.208 e. The van der Waals surface area contributed by atoms with Gasteiger partial charge in [0.2, 0.25) is 9.04 Å². The molecule has 84 valence electrons. The molecule has 0 saturated heterocycles. The molecule has 0 fully saturated rings. The van der Waals surface area contributed by atoms with Crippen molar-refractivity contribution in [3.05, 3.63) is 30.3 Å².